The van der Waals surface area contributed by atoms with Gasteiger partial charge in [0.25, 0.3) is 0 Å². The van der Waals surface area contributed by atoms with E-state index in [4.69, 9.17) is 18.3 Å². The molecule has 0 aromatic carbocycles. The topological polar surface area (TPSA) is 71.1 Å². The second-order valence-electron chi connectivity index (χ2n) is 12.3. The maximum absolute atomic E-state index is 13.9. The van der Waals surface area contributed by atoms with E-state index in [-0.39, 0.29) is 29.3 Å². The number of rotatable bonds is 9. The third-order valence-electron chi connectivity index (χ3n) is 9.60. The summed E-state index contributed by atoms with van der Waals surface area (Å²) in [4.78, 5) is 27.6. The molecule has 35 heavy (non-hydrogen) atoms. The van der Waals surface area contributed by atoms with Crippen LogP contribution < -0.4 is 0 Å². The molecule has 6 nitrogen and oxygen atoms in total. The van der Waals surface area contributed by atoms with Crippen LogP contribution in [0, 0.1) is 23.7 Å². The molecule has 0 N–H and O–H groups in total. The fraction of sp³-hybridized carbons (Fsp3) is 0.929. The van der Waals surface area contributed by atoms with Crippen molar-refractivity contribution in [3.63, 3.8) is 0 Å². The van der Waals surface area contributed by atoms with Crippen molar-refractivity contribution in [2.75, 3.05) is 13.2 Å². The van der Waals surface area contributed by atoms with Crippen molar-refractivity contribution < 1.29 is 27.9 Å². The minimum absolute atomic E-state index is 0.0613. The largest absolute Gasteiger partial charge is 0.459 e. The molecular weight excluding hydrogens is 460 g/mol. The molecule has 4 saturated carbocycles. The highest BCUT2D eigenvalue weighted by Crippen LogP contribution is 2.62. The Labute approximate surface area is 213 Å². The van der Waals surface area contributed by atoms with Crippen LogP contribution >= 0.6 is 0 Å². The standard InChI is InChI=1S/C28H48O6Si/c1-6-31-35(5,32-7-2)22-19-20-18-21(22)24(26(30)34-28(4)16-12-9-13-17-28)23(20)25(29)33-27(3)14-10-8-11-15-27/h20-24H,6-19H2,1-5H3. The fourth-order valence-corrected chi connectivity index (χ4v) is 11.4. The van der Waals surface area contributed by atoms with Crippen LogP contribution in [0.25, 0.3) is 0 Å². The molecule has 4 rings (SSSR count). The average Bonchev–Trinajstić information content (AvgIpc) is 3.39. The smallest absolute Gasteiger partial charge is 0.338 e. The highest BCUT2D eigenvalue weighted by Gasteiger charge is 2.65. The molecule has 0 aliphatic heterocycles. The molecule has 5 atom stereocenters. The van der Waals surface area contributed by atoms with E-state index in [9.17, 15) is 9.59 Å². The molecule has 4 fully saturated rings. The quantitative estimate of drug-likeness (QED) is 0.269. The summed E-state index contributed by atoms with van der Waals surface area (Å²) in [6.45, 7) is 11.5. The highest BCUT2D eigenvalue weighted by atomic mass is 28.4. The zero-order chi connectivity index (χ0) is 25.3. The molecule has 7 heteroatoms. The van der Waals surface area contributed by atoms with Gasteiger partial charge in [0, 0.05) is 18.8 Å². The molecule has 0 saturated heterocycles. The van der Waals surface area contributed by atoms with Crippen LogP contribution in [0.15, 0.2) is 0 Å². The highest BCUT2D eigenvalue weighted by molar-refractivity contribution is 6.67. The molecule has 5 unspecified atom stereocenters. The van der Waals surface area contributed by atoms with E-state index in [0.717, 1.165) is 64.2 Å². The Bertz CT molecular complexity index is 751. The first-order valence-corrected chi connectivity index (χ1v) is 16.8. The molecule has 200 valence electrons. The van der Waals surface area contributed by atoms with Crippen molar-refractivity contribution in [2.45, 2.75) is 128 Å². The number of carbonyl (C=O) groups excluding carboxylic acids is 2. The van der Waals surface area contributed by atoms with E-state index in [1.54, 1.807) is 0 Å². The van der Waals surface area contributed by atoms with E-state index in [2.05, 4.69) is 20.4 Å². The van der Waals surface area contributed by atoms with Crippen molar-refractivity contribution in [1.29, 1.82) is 0 Å². The van der Waals surface area contributed by atoms with Gasteiger partial charge in [0.15, 0.2) is 0 Å². The third-order valence-corrected chi connectivity index (χ3v) is 13.3. The Morgan fingerprint density at radius 3 is 1.66 bits per heavy atom. The number of ether oxygens (including phenoxy) is 2. The molecule has 0 amide bonds. The lowest BCUT2D eigenvalue weighted by Gasteiger charge is -2.43. The third kappa shape index (κ3) is 5.67. The summed E-state index contributed by atoms with van der Waals surface area (Å²) in [6.07, 6.45) is 12.1. The Kier molecular flexibility index (Phi) is 8.39. The van der Waals surface area contributed by atoms with Gasteiger partial charge < -0.3 is 18.3 Å². The number of fused-ring (bicyclic) bond motifs is 2. The molecule has 0 aromatic heterocycles. The Morgan fingerprint density at radius 1 is 0.743 bits per heavy atom. The summed E-state index contributed by atoms with van der Waals surface area (Å²) in [7, 11) is -2.51. The van der Waals surface area contributed by atoms with Crippen molar-refractivity contribution in [3.05, 3.63) is 0 Å². The number of esters is 2. The van der Waals surface area contributed by atoms with Gasteiger partial charge in [-0.2, -0.15) is 0 Å². The Balaban J connectivity index is 1.58. The summed E-state index contributed by atoms with van der Waals surface area (Å²) in [5.41, 5.74) is -0.629. The summed E-state index contributed by atoms with van der Waals surface area (Å²) in [5, 5.41) is 0. The minimum Gasteiger partial charge on any atom is -0.459 e. The Hall–Kier alpha value is -0.923. The summed E-state index contributed by atoms with van der Waals surface area (Å²) in [6, 6.07) is 0. The fourth-order valence-electron chi connectivity index (χ4n) is 7.88. The molecule has 2 bridgehead atoms. The van der Waals surface area contributed by atoms with Crippen LogP contribution in [-0.4, -0.2) is 44.9 Å². The molecular formula is C28H48O6Si. The predicted molar refractivity (Wildman–Crippen MR) is 137 cm³/mol. The van der Waals surface area contributed by atoms with E-state index >= 15 is 0 Å². The van der Waals surface area contributed by atoms with E-state index < -0.39 is 31.6 Å². The molecule has 0 heterocycles. The first-order chi connectivity index (χ1) is 16.6. The van der Waals surface area contributed by atoms with Gasteiger partial charge >= 0.3 is 20.5 Å². The van der Waals surface area contributed by atoms with E-state index in [1.165, 1.54) is 12.8 Å². The monoisotopic (exact) mass is 508 g/mol. The zero-order valence-electron chi connectivity index (χ0n) is 22.7. The van der Waals surface area contributed by atoms with Gasteiger partial charge in [-0.3, -0.25) is 9.59 Å². The van der Waals surface area contributed by atoms with Crippen LogP contribution in [0.4, 0.5) is 0 Å². The number of hydrogen-bond donors (Lipinski definition) is 0. The first kappa shape index (κ1) is 27.1. The van der Waals surface area contributed by atoms with Crippen LogP contribution in [0.2, 0.25) is 12.1 Å². The first-order valence-electron chi connectivity index (χ1n) is 14.4. The average molecular weight is 509 g/mol. The van der Waals surface area contributed by atoms with E-state index in [1.807, 2.05) is 13.8 Å². The van der Waals surface area contributed by atoms with Gasteiger partial charge in [0.1, 0.15) is 11.2 Å². The maximum Gasteiger partial charge on any atom is 0.338 e. The van der Waals surface area contributed by atoms with Gasteiger partial charge in [0.05, 0.1) is 11.8 Å². The predicted octanol–water partition coefficient (Wildman–Crippen LogP) is 6.31. The van der Waals surface area contributed by atoms with Crippen molar-refractivity contribution in [3.8, 4) is 0 Å². The maximum atomic E-state index is 13.9. The van der Waals surface area contributed by atoms with Gasteiger partial charge in [-0.05, 0) is 110 Å². The lowest BCUT2D eigenvalue weighted by atomic mass is 9.78. The van der Waals surface area contributed by atoms with Gasteiger partial charge in [-0.15, -0.1) is 0 Å². The van der Waals surface area contributed by atoms with Gasteiger partial charge in [-0.25, -0.2) is 0 Å². The number of hydrogen-bond acceptors (Lipinski definition) is 6. The van der Waals surface area contributed by atoms with Crippen molar-refractivity contribution in [1.82, 2.24) is 0 Å². The van der Waals surface area contributed by atoms with Crippen molar-refractivity contribution >= 4 is 20.5 Å². The second-order valence-corrected chi connectivity index (χ2v) is 15.6. The summed E-state index contributed by atoms with van der Waals surface area (Å²) < 4.78 is 25.1. The lowest BCUT2D eigenvalue weighted by Crippen LogP contribution is -2.51. The van der Waals surface area contributed by atoms with Crippen LogP contribution in [0.5, 0.6) is 0 Å². The van der Waals surface area contributed by atoms with Crippen LogP contribution in [0.3, 0.4) is 0 Å². The van der Waals surface area contributed by atoms with Crippen LogP contribution in [-0.2, 0) is 27.9 Å². The molecule has 0 spiro atoms. The molecule has 0 radical (unpaired) electrons. The van der Waals surface area contributed by atoms with Crippen LogP contribution in [0.1, 0.15) is 105 Å². The molecule has 4 aliphatic rings. The normalized spacial score (nSPS) is 33.9. The summed E-state index contributed by atoms with van der Waals surface area (Å²) >= 11 is 0. The molecule has 4 aliphatic carbocycles. The second kappa shape index (κ2) is 10.8. The zero-order valence-corrected chi connectivity index (χ0v) is 23.7. The SMILES string of the molecule is CCO[Si](C)(OCC)C1CC2CC1C(C(=O)OC1(C)CCCCC1)C2C(=O)OC1(C)CCCCC1. The summed E-state index contributed by atoms with van der Waals surface area (Å²) in [5.74, 6) is -1.03. The minimum atomic E-state index is -2.51. The Morgan fingerprint density at radius 2 is 1.20 bits per heavy atom. The lowest BCUT2D eigenvalue weighted by molar-refractivity contribution is -0.182. The number of carbonyl (C=O) groups is 2. The van der Waals surface area contributed by atoms with Crippen molar-refractivity contribution in [2.24, 2.45) is 23.7 Å². The molecule has 0 aromatic rings. The van der Waals surface area contributed by atoms with E-state index in [0.29, 0.717) is 13.2 Å². The van der Waals surface area contributed by atoms with Gasteiger partial charge in [0.2, 0.25) is 0 Å². The van der Waals surface area contributed by atoms with Gasteiger partial charge in [-0.1, -0.05) is 12.8 Å².